The molecular weight excluding hydrogens is 416 g/mol. The first-order valence-electron chi connectivity index (χ1n) is 8.42. The number of ether oxygens (including phenoxy) is 1. The minimum atomic E-state index is -0.283. The SMILES string of the molecule is C=CCN(Cc1ccc(Cl)s1)Cc1nnc(C(=O)Nc2ccc(OC)cc2)s1. The third kappa shape index (κ3) is 5.62. The van der Waals surface area contributed by atoms with Crippen molar-refractivity contribution in [2.75, 3.05) is 19.0 Å². The van der Waals surface area contributed by atoms with Crippen LogP contribution < -0.4 is 10.1 Å². The van der Waals surface area contributed by atoms with Crippen molar-refractivity contribution in [2.24, 2.45) is 0 Å². The molecule has 0 radical (unpaired) electrons. The first-order chi connectivity index (χ1) is 13.6. The summed E-state index contributed by atoms with van der Waals surface area (Å²) in [5, 5.41) is 12.1. The predicted octanol–water partition coefficient (Wildman–Crippen LogP) is 4.70. The maximum atomic E-state index is 12.4. The van der Waals surface area contributed by atoms with Crippen molar-refractivity contribution in [3.8, 4) is 5.75 Å². The molecule has 146 valence electrons. The first-order valence-corrected chi connectivity index (χ1v) is 10.4. The largest absolute Gasteiger partial charge is 0.497 e. The topological polar surface area (TPSA) is 67.4 Å². The van der Waals surface area contributed by atoms with Crippen LogP contribution in [-0.4, -0.2) is 34.7 Å². The van der Waals surface area contributed by atoms with Crippen LogP contribution in [0.4, 0.5) is 5.69 Å². The molecule has 1 aromatic carbocycles. The zero-order chi connectivity index (χ0) is 19.9. The second-order valence-corrected chi connectivity index (χ2v) is 8.71. The van der Waals surface area contributed by atoms with Crippen LogP contribution in [0.2, 0.25) is 4.34 Å². The molecule has 0 fully saturated rings. The van der Waals surface area contributed by atoms with E-state index in [1.807, 2.05) is 18.2 Å². The number of carbonyl (C=O) groups is 1. The summed E-state index contributed by atoms with van der Waals surface area (Å²) in [7, 11) is 1.60. The molecule has 1 N–H and O–H groups in total. The van der Waals surface area contributed by atoms with E-state index in [2.05, 4.69) is 27.0 Å². The second-order valence-electron chi connectivity index (χ2n) is 5.85. The molecule has 3 aromatic rings. The zero-order valence-electron chi connectivity index (χ0n) is 15.2. The first kappa shape index (κ1) is 20.5. The van der Waals surface area contributed by atoms with Crippen LogP contribution in [0.5, 0.6) is 5.75 Å². The lowest BCUT2D eigenvalue weighted by atomic mass is 10.3. The fourth-order valence-corrected chi connectivity index (χ4v) is 4.39. The molecule has 9 heteroatoms. The van der Waals surface area contributed by atoms with Crippen molar-refractivity contribution in [1.29, 1.82) is 0 Å². The summed E-state index contributed by atoms with van der Waals surface area (Å²) in [6.45, 7) is 5.82. The van der Waals surface area contributed by atoms with Crippen LogP contribution in [0, 0.1) is 0 Å². The number of hydrogen-bond donors (Lipinski definition) is 1. The lowest BCUT2D eigenvalue weighted by Gasteiger charge is -2.17. The highest BCUT2D eigenvalue weighted by molar-refractivity contribution is 7.16. The number of anilines is 1. The number of carbonyl (C=O) groups excluding carboxylic acids is 1. The third-order valence-electron chi connectivity index (χ3n) is 3.76. The molecule has 0 saturated heterocycles. The maximum Gasteiger partial charge on any atom is 0.286 e. The highest BCUT2D eigenvalue weighted by Crippen LogP contribution is 2.24. The molecule has 0 unspecified atom stereocenters. The Balaban J connectivity index is 1.62. The number of aromatic nitrogens is 2. The molecule has 2 aromatic heterocycles. The monoisotopic (exact) mass is 434 g/mol. The van der Waals surface area contributed by atoms with E-state index in [0.717, 1.165) is 26.5 Å². The second kappa shape index (κ2) is 9.79. The average Bonchev–Trinajstić information content (AvgIpc) is 3.31. The highest BCUT2D eigenvalue weighted by Gasteiger charge is 2.16. The van der Waals surface area contributed by atoms with Crippen LogP contribution in [-0.2, 0) is 13.1 Å². The van der Waals surface area contributed by atoms with Crippen LogP contribution in [0.3, 0.4) is 0 Å². The number of nitrogens with one attached hydrogen (secondary N) is 1. The quantitative estimate of drug-likeness (QED) is 0.494. The van der Waals surface area contributed by atoms with E-state index in [1.165, 1.54) is 11.3 Å². The minimum Gasteiger partial charge on any atom is -0.497 e. The maximum absolute atomic E-state index is 12.4. The number of halogens is 1. The van der Waals surface area contributed by atoms with Gasteiger partial charge in [-0.2, -0.15) is 0 Å². The molecule has 0 aliphatic carbocycles. The Morgan fingerprint density at radius 3 is 2.64 bits per heavy atom. The Morgan fingerprint density at radius 2 is 2.00 bits per heavy atom. The number of methoxy groups -OCH3 is 1. The lowest BCUT2D eigenvalue weighted by molar-refractivity contribution is 0.102. The Bertz CT molecular complexity index is 940. The lowest BCUT2D eigenvalue weighted by Crippen LogP contribution is -2.22. The Morgan fingerprint density at radius 1 is 1.21 bits per heavy atom. The van der Waals surface area contributed by atoms with Crippen molar-refractivity contribution in [1.82, 2.24) is 15.1 Å². The number of hydrogen-bond acceptors (Lipinski definition) is 7. The standard InChI is InChI=1S/C19H19ClN4O2S2/c1-3-10-24(11-15-8-9-16(20)27-15)12-17-22-23-19(28-17)18(25)21-13-4-6-14(26-2)7-5-13/h3-9H,1,10-12H2,2H3,(H,21,25). The van der Waals surface area contributed by atoms with Crippen LogP contribution in [0.1, 0.15) is 19.7 Å². The Hall–Kier alpha value is -2.26. The molecule has 0 spiro atoms. The van der Waals surface area contributed by atoms with Crippen molar-refractivity contribution < 1.29 is 9.53 Å². The fourth-order valence-electron chi connectivity index (χ4n) is 2.48. The van der Waals surface area contributed by atoms with Gasteiger partial charge in [0.1, 0.15) is 10.8 Å². The molecule has 3 rings (SSSR count). The molecule has 0 aliphatic heterocycles. The van der Waals surface area contributed by atoms with E-state index in [0.29, 0.717) is 23.8 Å². The molecule has 0 atom stereocenters. The van der Waals surface area contributed by atoms with Crippen LogP contribution in [0.15, 0.2) is 49.1 Å². The molecule has 1 amide bonds. The summed E-state index contributed by atoms with van der Waals surface area (Å²) in [5.41, 5.74) is 0.672. The number of amides is 1. The van der Waals surface area contributed by atoms with Crippen LogP contribution in [0.25, 0.3) is 0 Å². The summed E-state index contributed by atoms with van der Waals surface area (Å²) in [6.07, 6.45) is 1.84. The third-order valence-corrected chi connectivity index (χ3v) is 5.89. The van der Waals surface area contributed by atoms with Gasteiger partial charge < -0.3 is 10.1 Å². The summed E-state index contributed by atoms with van der Waals surface area (Å²) in [5.74, 6) is 0.444. The van der Waals surface area contributed by atoms with Gasteiger partial charge in [-0.15, -0.1) is 28.1 Å². The number of nitrogens with zero attached hydrogens (tertiary/aromatic N) is 3. The predicted molar refractivity (Wildman–Crippen MR) is 114 cm³/mol. The number of rotatable bonds is 9. The summed E-state index contributed by atoms with van der Waals surface area (Å²) >= 11 is 8.84. The number of benzene rings is 1. The van der Waals surface area contributed by atoms with Gasteiger partial charge in [-0.25, -0.2) is 0 Å². The smallest absolute Gasteiger partial charge is 0.286 e. The molecular formula is C19H19ClN4O2S2. The minimum absolute atomic E-state index is 0.283. The van der Waals surface area contributed by atoms with Crippen molar-refractivity contribution >= 4 is 45.9 Å². The van der Waals surface area contributed by atoms with Crippen molar-refractivity contribution in [2.45, 2.75) is 13.1 Å². The molecule has 0 aliphatic rings. The highest BCUT2D eigenvalue weighted by atomic mass is 35.5. The van der Waals surface area contributed by atoms with E-state index >= 15 is 0 Å². The van der Waals surface area contributed by atoms with E-state index in [1.54, 1.807) is 42.7 Å². The molecule has 6 nitrogen and oxygen atoms in total. The van der Waals surface area contributed by atoms with Gasteiger partial charge in [0, 0.05) is 23.7 Å². The van der Waals surface area contributed by atoms with E-state index in [9.17, 15) is 4.79 Å². The van der Waals surface area contributed by atoms with Gasteiger partial charge in [0.2, 0.25) is 5.01 Å². The summed E-state index contributed by atoms with van der Waals surface area (Å²) in [4.78, 5) is 15.7. The van der Waals surface area contributed by atoms with Gasteiger partial charge >= 0.3 is 0 Å². The van der Waals surface area contributed by atoms with Crippen molar-refractivity contribution in [3.05, 3.63) is 68.3 Å². The zero-order valence-corrected chi connectivity index (χ0v) is 17.6. The van der Waals surface area contributed by atoms with Gasteiger partial charge in [0.25, 0.3) is 5.91 Å². The van der Waals surface area contributed by atoms with Gasteiger partial charge in [-0.1, -0.05) is 29.0 Å². The van der Waals surface area contributed by atoms with E-state index in [4.69, 9.17) is 16.3 Å². The molecule has 0 bridgehead atoms. The van der Waals surface area contributed by atoms with E-state index in [-0.39, 0.29) is 5.91 Å². The van der Waals surface area contributed by atoms with Gasteiger partial charge in [-0.05, 0) is 36.4 Å². The normalized spacial score (nSPS) is 10.8. The summed E-state index contributed by atoms with van der Waals surface area (Å²) in [6, 6.07) is 11.0. The molecule has 28 heavy (non-hydrogen) atoms. The summed E-state index contributed by atoms with van der Waals surface area (Å²) < 4.78 is 5.88. The number of thiophene rings is 1. The molecule has 0 saturated carbocycles. The van der Waals surface area contributed by atoms with E-state index < -0.39 is 0 Å². The Labute approximate surface area is 176 Å². The molecule has 2 heterocycles. The van der Waals surface area contributed by atoms with Gasteiger partial charge in [0.05, 0.1) is 18.0 Å². The van der Waals surface area contributed by atoms with Gasteiger partial charge in [0.15, 0.2) is 0 Å². The Kier molecular flexibility index (Phi) is 7.16. The average molecular weight is 435 g/mol. The fraction of sp³-hybridized carbons (Fsp3) is 0.211. The van der Waals surface area contributed by atoms with Crippen molar-refractivity contribution in [3.63, 3.8) is 0 Å². The van der Waals surface area contributed by atoms with Crippen LogP contribution >= 0.6 is 34.3 Å². The van der Waals surface area contributed by atoms with Gasteiger partial charge in [-0.3, -0.25) is 9.69 Å².